The van der Waals surface area contributed by atoms with Crippen molar-refractivity contribution >= 4 is 17.6 Å². The molecule has 0 aliphatic heterocycles. The first-order chi connectivity index (χ1) is 10.6. The normalized spacial score (nSPS) is 15.4. The van der Waals surface area contributed by atoms with Crippen LogP contribution in [0.4, 0.5) is 5.69 Å². The Hall–Kier alpha value is -2.92. The van der Waals surface area contributed by atoms with Crippen LogP contribution in [0.25, 0.3) is 11.1 Å². The van der Waals surface area contributed by atoms with Crippen LogP contribution < -0.4 is 5.32 Å². The molecule has 1 amide bonds. The van der Waals surface area contributed by atoms with E-state index in [0.717, 1.165) is 34.4 Å². The van der Waals surface area contributed by atoms with E-state index in [1.54, 1.807) is 12.1 Å². The standard InChI is InChI=1S/C17H13NO4/c19-15(7-8-16(20)21)18-10-5-6-12-11-3-1-2-4-13(11)17(22)14(12)9-10/h1-9,17,22H,(H,18,19)(H,20,21)/b8-7+. The van der Waals surface area contributed by atoms with Gasteiger partial charge in [-0.1, -0.05) is 30.3 Å². The molecule has 0 heterocycles. The van der Waals surface area contributed by atoms with Gasteiger partial charge in [0.15, 0.2) is 0 Å². The van der Waals surface area contributed by atoms with Crippen LogP contribution >= 0.6 is 0 Å². The molecule has 0 fully saturated rings. The second-order valence-electron chi connectivity index (χ2n) is 4.95. The highest BCUT2D eigenvalue weighted by Gasteiger charge is 2.26. The number of aliphatic carboxylic acids is 1. The molecule has 1 atom stereocenters. The first-order valence-electron chi connectivity index (χ1n) is 6.69. The summed E-state index contributed by atoms with van der Waals surface area (Å²) in [6.07, 6.45) is 0.992. The molecule has 0 radical (unpaired) electrons. The SMILES string of the molecule is O=C(O)/C=C/C(=O)Nc1ccc2c(c1)C(O)c1ccccc1-2. The molecule has 3 rings (SSSR count). The number of hydrogen-bond donors (Lipinski definition) is 3. The van der Waals surface area contributed by atoms with Crippen LogP contribution in [0.15, 0.2) is 54.6 Å². The lowest BCUT2D eigenvalue weighted by Gasteiger charge is -2.08. The van der Waals surface area contributed by atoms with Gasteiger partial charge in [0.05, 0.1) is 0 Å². The number of carboxylic acids is 1. The predicted octanol–water partition coefficient (Wildman–Crippen LogP) is 2.33. The molecule has 2 aromatic rings. The van der Waals surface area contributed by atoms with Gasteiger partial charge in [-0.3, -0.25) is 4.79 Å². The summed E-state index contributed by atoms with van der Waals surface area (Å²) < 4.78 is 0. The highest BCUT2D eigenvalue weighted by molar-refractivity contribution is 6.02. The molecule has 2 aromatic carbocycles. The van der Waals surface area contributed by atoms with Crippen molar-refractivity contribution in [3.63, 3.8) is 0 Å². The molecule has 110 valence electrons. The summed E-state index contributed by atoms with van der Waals surface area (Å²) in [5.41, 5.74) is 3.98. The van der Waals surface area contributed by atoms with E-state index in [-0.39, 0.29) is 0 Å². The van der Waals surface area contributed by atoms with Gasteiger partial charge in [-0.25, -0.2) is 4.79 Å². The van der Waals surface area contributed by atoms with Gasteiger partial charge in [-0.05, 0) is 34.4 Å². The number of nitrogens with one attached hydrogen (secondary N) is 1. The molecule has 0 spiro atoms. The number of carbonyl (C=O) groups is 2. The number of carbonyl (C=O) groups excluding carboxylic acids is 1. The van der Waals surface area contributed by atoms with E-state index in [1.807, 2.05) is 30.3 Å². The Balaban J connectivity index is 1.87. The number of benzene rings is 2. The van der Waals surface area contributed by atoms with Crippen LogP contribution in [-0.2, 0) is 9.59 Å². The fourth-order valence-electron chi connectivity index (χ4n) is 2.59. The number of amides is 1. The zero-order valence-electron chi connectivity index (χ0n) is 11.5. The second-order valence-corrected chi connectivity index (χ2v) is 4.95. The fourth-order valence-corrected chi connectivity index (χ4v) is 2.59. The average molecular weight is 295 g/mol. The van der Waals surface area contributed by atoms with Crippen molar-refractivity contribution in [2.45, 2.75) is 6.10 Å². The highest BCUT2D eigenvalue weighted by atomic mass is 16.4. The van der Waals surface area contributed by atoms with Crippen LogP contribution in [0.1, 0.15) is 17.2 Å². The summed E-state index contributed by atoms with van der Waals surface area (Å²) in [4.78, 5) is 22.0. The van der Waals surface area contributed by atoms with Crippen LogP contribution in [-0.4, -0.2) is 22.1 Å². The van der Waals surface area contributed by atoms with Crippen molar-refractivity contribution < 1.29 is 19.8 Å². The lowest BCUT2D eigenvalue weighted by atomic mass is 10.1. The molecular formula is C17H13NO4. The van der Waals surface area contributed by atoms with Crippen molar-refractivity contribution in [1.82, 2.24) is 0 Å². The number of aliphatic hydroxyl groups excluding tert-OH is 1. The van der Waals surface area contributed by atoms with Gasteiger partial charge < -0.3 is 15.5 Å². The first kappa shape index (κ1) is 14.0. The number of fused-ring (bicyclic) bond motifs is 3. The zero-order chi connectivity index (χ0) is 15.7. The minimum atomic E-state index is -1.19. The Labute approximate surface area is 126 Å². The predicted molar refractivity (Wildman–Crippen MR) is 81.3 cm³/mol. The van der Waals surface area contributed by atoms with Crippen molar-refractivity contribution in [2.75, 3.05) is 5.32 Å². The van der Waals surface area contributed by atoms with Crippen LogP contribution in [0.5, 0.6) is 0 Å². The number of anilines is 1. The summed E-state index contributed by atoms with van der Waals surface area (Å²) in [7, 11) is 0. The first-order valence-corrected chi connectivity index (χ1v) is 6.69. The van der Waals surface area contributed by atoms with Crippen LogP contribution in [0.2, 0.25) is 0 Å². The molecule has 1 aliphatic rings. The minimum absolute atomic E-state index is 0.505. The van der Waals surface area contributed by atoms with Gasteiger partial charge >= 0.3 is 5.97 Å². The summed E-state index contributed by atoms with van der Waals surface area (Å²) in [5, 5.41) is 21.4. The lowest BCUT2D eigenvalue weighted by molar-refractivity contribution is -0.131. The van der Waals surface area contributed by atoms with E-state index in [4.69, 9.17) is 5.11 Å². The van der Waals surface area contributed by atoms with Gasteiger partial charge in [0.25, 0.3) is 0 Å². The maximum absolute atomic E-state index is 11.6. The fraction of sp³-hybridized carbons (Fsp3) is 0.0588. The molecule has 1 aliphatic carbocycles. The Morgan fingerprint density at radius 3 is 2.50 bits per heavy atom. The largest absolute Gasteiger partial charge is 0.478 e. The van der Waals surface area contributed by atoms with Crippen molar-refractivity contribution in [1.29, 1.82) is 0 Å². The van der Waals surface area contributed by atoms with E-state index < -0.39 is 18.0 Å². The third kappa shape index (κ3) is 2.49. The number of aliphatic hydroxyl groups is 1. The zero-order valence-corrected chi connectivity index (χ0v) is 11.5. The molecule has 0 bridgehead atoms. The van der Waals surface area contributed by atoms with E-state index in [9.17, 15) is 14.7 Å². The quantitative estimate of drug-likeness (QED) is 0.758. The number of carboxylic acid groups (broad SMARTS) is 1. The Morgan fingerprint density at radius 1 is 1.00 bits per heavy atom. The summed E-state index contributed by atoms with van der Waals surface area (Å²) in [5.74, 6) is -1.72. The molecule has 5 nitrogen and oxygen atoms in total. The van der Waals surface area contributed by atoms with Crippen molar-refractivity contribution in [3.8, 4) is 11.1 Å². The number of hydrogen-bond acceptors (Lipinski definition) is 3. The van der Waals surface area contributed by atoms with Gasteiger partial charge in [-0.15, -0.1) is 0 Å². The molecule has 0 saturated carbocycles. The topological polar surface area (TPSA) is 86.6 Å². The van der Waals surface area contributed by atoms with Gasteiger partial charge in [-0.2, -0.15) is 0 Å². The summed E-state index contributed by atoms with van der Waals surface area (Å²) >= 11 is 0. The Kier molecular flexibility index (Phi) is 3.48. The van der Waals surface area contributed by atoms with Crippen LogP contribution in [0.3, 0.4) is 0 Å². The summed E-state index contributed by atoms with van der Waals surface area (Å²) in [6.45, 7) is 0. The van der Waals surface area contributed by atoms with Crippen molar-refractivity contribution in [2.24, 2.45) is 0 Å². The van der Waals surface area contributed by atoms with Gasteiger partial charge in [0.2, 0.25) is 5.91 Å². The summed E-state index contributed by atoms with van der Waals surface area (Å²) in [6, 6.07) is 12.8. The minimum Gasteiger partial charge on any atom is -0.478 e. The molecule has 1 unspecified atom stereocenters. The van der Waals surface area contributed by atoms with Gasteiger partial charge in [0.1, 0.15) is 6.10 Å². The highest BCUT2D eigenvalue weighted by Crippen LogP contribution is 2.44. The van der Waals surface area contributed by atoms with E-state index in [0.29, 0.717) is 5.69 Å². The van der Waals surface area contributed by atoms with E-state index in [1.165, 1.54) is 0 Å². The maximum atomic E-state index is 11.6. The van der Waals surface area contributed by atoms with Crippen LogP contribution in [0, 0.1) is 0 Å². The average Bonchev–Trinajstić information content (AvgIpc) is 2.79. The third-order valence-electron chi connectivity index (χ3n) is 3.54. The third-order valence-corrected chi connectivity index (χ3v) is 3.54. The van der Waals surface area contributed by atoms with Gasteiger partial charge in [0, 0.05) is 17.8 Å². The monoisotopic (exact) mass is 295 g/mol. The number of rotatable bonds is 3. The molecular weight excluding hydrogens is 282 g/mol. The van der Waals surface area contributed by atoms with Crippen molar-refractivity contribution in [3.05, 3.63) is 65.7 Å². The molecule has 5 heteroatoms. The molecule has 22 heavy (non-hydrogen) atoms. The smallest absolute Gasteiger partial charge is 0.328 e. The second kappa shape index (κ2) is 5.46. The molecule has 0 aromatic heterocycles. The molecule has 3 N–H and O–H groups in total. The van der Waals surface area contributed by atoms with E-state index >= 15 is 0 Å². The lowest BCUT2D eigenvalue weighted by Crippen LogP contribution is -2.09. The molecule has 0 saturated heterocycles. The Morgan fingerprint density at radius 2 is 1.73 bits per heavy atom. The Bertz CT molecular complexity index is 795. The maximum Gasteiger partial charge on any atom is 0.328 e. The van der Waals surface area contributed by atoms with E-state index in [2.05, 4.69) is 5.32 Å².